The van der Waals surface area contributed by atoms with Gasteiger partial charge in [0.2, 0.25) is 0 Å². The van der Waals surface area contributed by atoms with E-state index in [2.05, 4.69) is 13.8 Å². The summed E-state index contributed by atoms with van der Waals surface area (Å²) in [4.78, 5) is 11.0. The van der Waals surface area contributed by atoms with E-state index in [1.807, 2.05) is 6.92 Å². The van der Waals surface area contributed by atoms with Gasteiger partial charge < -0.3 is 10.1 Å². The second-order valence-corrected chi connectivity index (χ2v) is 4.97. The molecule has 1 amide bonds. The van der Waals surface area contributed by atoms with Gasteiger partial charge in [0.05, 0.1) is 0 Å². The molecule has 1 rings (SSSR count). The zero-order chi connectivity index (χ0) is 14.9. The Morgan fingerprint density at radius 2 is 1.89 bits per heavy atom. The van der Waals surface area contributed by atoms with Crippen LogP contribution in [0.25, 0.3) is 0 Å². The Morgan fingerprint density at radius 3 is 2.37 bits per heavy atom. The van der Waals surface area contributed by atoms with Gasteiger partial charge >= 0.3 is 12.3 Å². The minimum absolute atomic E-state index is 0.239. The van der Waals surface area contributed by atoms with Crippen molar-refractivity contribution in [2.75, 3.05) is 6.54 Å². The summed E-state index contributed by atoms with van der Waals surface area (Å²) in [6.45, 7) is 4.96. The molecule has 3 nitrogen and oxygen atoms in total. The van der Waals surface area contributed by atoms with E-state index in [1.165, 1.54) is 6.42 Å². The Morgan fingerprint density at radius 1 is 1.32 bits per heavy atom. The molecule has 1 saturated carbocycles. The van der Waals surface area contributed by atoms with E-state index in [9.17, 15) is 18.0 Å². The Balaban J connectivity index is 0.000000982. The van der Waals surface area contributed by atoms with Gasteiger partial charge in [0.1, 0.15) is 12.6 Å². The van der Waals surface area contributed by atoms with Gasteiger partial charge in [-0.05, 0) is 25.2 Å². The van der Waals surface area contributed by atoms with Crippen LogP contribution in [0.2, 0.25) is 0 Å². The molecule has 0 saturated heterocycles. The number of amides is 1. The summed E-state index contributed by atoms with van der Waals surface area (Å²) < 4.78 is 40.3. The molecule has 114 valence electrons. The number of carbonyl (C=O) groups is 1. The molecule has 2 atom stereocenters. The highest BCUT2D eigenvalue weighted by atomic mass is 19.4. The number of carbonyl (C=O) groups excluding carboxylic acids is 1. The lowest BCUT2D eigenvalue weighted by molar-refractivity contribution is -0.124. The summed E-state index contributed by atoms with van der Waals surface area (Å²) in [5.74, 6) is 0.467. The van der Waals surface area contributed by atoms with Gasteiger partial charge in [-0.15, -0.1) is 0 Å². The highest BCUT2D eigenvalue weighted by Gasteiger charge is 2.29. The number of halogens is 3. The van der Waals surface area contributed by atoms with Crippen LogP contribution in [0.5, 0.6) is 0 Å². The maximum absolute atomic E-state index is 11.8. The van der Waals surface area contributed by atoms with Crippen molar-refractivity contribution in [1.29, 1.82) is 0 Å². The summed E-state index contributed by atoms with van der Waals surface area (Å²) >= 11 is 0. The Hall–Kier alpha value is -0.940. The monoisotopic (exact) mass is 283 g/mol. The van der Waals surface area contributed by atoms with E-state index >= 15 is 0 Å². The van der Waals surface area contributed by atoms with Crippen LogP contribution < -0.4 is 5.32 Å². The Kier molecular flexibility index (Phi) is 8.59. The van der Waals surface area contributed by atoms with Crippen molar-refractivity contribution in [3.63, 3.8) is 0 Å². The quantitative estimate of drug-likeness (QED) is 0.822. The summed E-state index contributed by atoms with van der Waals surface area (Å²) in [6, 6.07) is 0. The van der Waals surface area contributed by atoms with Crippen LogP contribution >= 0.6 is 0 Å². The lowest BCUT2D eigenvalue weighted by Gasteiger charge is -2.26. The molecule has 0 heterocycles. The summed E-state index contributed by atoms with van der Waals surface area (Å²) in [6.07, 6.45) is -0.835. The fraction of sp³-hybridized carbons (Fsp3) is 0.923. The second-order valence-electron chi connectivity index (χ2n) is 4.97. The number of nitrogens with one attached hydrogen (secondary N) is 1. The summed E-state index contributed by atoms with van der Waals surface area (Å²) in [5.41, 5.74) is 0. The van der Waals surface area contributed by atoms with Crippen LogP contribution in [0, 0.1) is 5.92 Å². The third-order valence-corrected chi connectivity index (χ3v) is 2.60. The van der Waals surface area contributed by atoms with E-state index in [0.717, 1.165) is 25.7 Å². The van der Waals surface area contributed by atoms with E-state index in [0.29, 0.717) is 5.92 Å². The van der Waals surface area contributed by atoms with E-state index in [4.69, 9.17) is 4.74 Å². The Labute approximate surface area is 112 Å². The van der Waals surface area contributed by atoms with Crippen LogP contribution in [0.15, 0.2) is 0 Å². The molecule has 0 aliphatic heterocycles. The molecule has 0 radical (unpaired) electrons. The van der Waals surface area contributed by atoms with Crippen molar-refractivity contribution in [3.05, 3.63) is 0 Å². The average Bonchev–Trinajstić information content (AvgIpc) is 2.26. The molecule has 6 heteroatoms. The minimum atomic E-state index is -4.39. The average molecular weight is 283 g/mol. The van der Waals surface area contributed by atoms with Gasteiger partial charge in [-0.25, -0.2) is 4.79 Å². The van der Waals surface area contributed by atoms with Gasteiger partial charge in [0.25, 0.3) is 0 Å². The topological polar surface area (TPSA) is 38.3 Å². The first-order chi connectivity index (χ1) is 8.78. The van der Waals surface area contributed by atoms with Crippen LogP contribution in [-0.2, 0) is 4.74 Å². The number of hydrogen-bond acceptors (Lipinski definition) is 2. The molecule has 1 fully saturated rings. The van der Waals surface area contributed by atoms with Gasteiger partial charge in [-0.3, -0.25) is 0 Å². The first kappa shape index (κ1) is 18.1. The molecule has 19 heavy (non-hydrogen) atoms. The number of ether oxygens (including phenoxy) is 1. The van der Waals surface area contributed by atoms with Crippen LogP contribution in [0.1, 0.15) is 52.9 Å². The fourth-order valence-electron chi connectivity index (χ4n) is 1.85. The number of alkyl carbamates (subject to hydrolysis) is 1. The summed E-state index contributed by atoms with van der Waals surface area (Å²) in [5, 5.41) is 1.70. The maximum Gasteiger partial charge on any atom is 0.407 e. The van der Waals surface area contributed by atoms with Crippen molar-refractivity contribution in [3.8, 4) is 0 Å². The van der Waals surface area contributed by atoms with E-state index in [1.54, 1.807) is 5.32 Å². The standard InChI is InChI=1S/C10H16F3NO2.C3H8/c1-7-3-2-4-8(5-7)16-9(15)14-6-10(11,12)13;1-3-2/h7-8H,2-6H2,1H3,(H,14,15);3H2,1-2H3. The van der Waals surface area contributed by atoms with Crippen molar-refractivity contribution < 1.29 is 22.7 Å². The van der Waals surface area contributed by atoms with Gasteiger partial charge in [0.15, 0.2) is 0 Å². The van der Waals surface area contributed by atoms with Crippen LogP contribution in [-0.4, -0.2) is 24.9 Å². The molecule has 0 aromatic carbocycles. The molecule has 0 aromatic heterocycles. The van der Waals surface area contributed by atoms with Crippen LogP contribution in [0.4, 0.5) is 18.0 Å². The zero-order valence-electron chi connectivity index (χ0n) is 11.8. The van der Waals surface area contributed by atoms with Gasteiger partial charge in [-0.1, -0.05) is 33.6 Å². The van der Waals surface area contributed by atoms with Crippen molar-refractivity contribution in [2.45, 2.75) is 65.2 Å². The number of rotatable bonds is 2. The maximum atomic E-state index is 11.8. The molecular formula is C13H24F3NO2. The normalized spacial score (nSPS) is 23.1. The lowest BCUT2D eigenvalue weighted by Crippen LogP contribution is -2.37. The van der Waals surface area contributed by atoms with Crippen molar-refractivity contribution in [1.82, 2.24) is 5.32 Å². The SMILES string of the molecule is CC1CCCC(OC(=O)NCC(F)(F)F)C1.CCC. The summed E-state index contributed by atoms with van der Waals surface area (Å²) in [7, 11) is 0. The molecule has 0 aromatic rings. The predicted octanol–water partition coefficient (Wildman–Crippen LogP) is 4.27. The molecule has 0 spiro atoms. The molecular weight excluding hydrogens is 259 g/mol. The first-order valence-corrected chi connectivity index (χ1v) is 6.79. The van der Waals surface area contributed by atoms with Crippen LogP contribution in [0.3, 0.4) is 0 Å². The smallest absolute Gasteiger partial charge is 0.407 e. The molecule has 1 N–H and O–H groups in total. The third kappa shape index (κ3) is 10.7. The van der Waals surface area contributed by atoms with E-state index in [-0.39, 0.29) is 6.10 Å². The van der Waals surface area contributed by atoms with Crippen molar-refractivity contribution >= 4 is 6.09 Å². The van der Waals surface area contributed by atoms with E-state index < -0.39 is 18.8 Å². The molecule has 0 bridgehead atoms. The number of hydrogen-bond donors (Lipinski definition) is 1. The van der Waals surface area contributed by atoms with Gasteiger partial charge in [-0.2, -0.15) is 13.2 Å². The second kappa shape index (κ2) is 9.04. The highest BCUT2D eigenvalue weighted by Crippen LogP contribution is 2.25. The Bertz CT molecular complexity index is 257. The predicted molar refractivity (Wildman–Crippen MR) is 67.9 cm³/mol. The molecule has 1 aliphatic rings. The largest absolute Gasteiger partial charge is 0.446 e. The third-order valence-electron chi connectivity index (χ3n) is 2.60. The fourth-order valence-corrected chi connectivity index (χ4v) is 1.85. The lowest BCUT2D eigenvalue weighted by atomic mass is 9.89. The first-order valence-electron chi connectivity index (χ1n) is 6.79. The van der Waals surface area contributed by atoms with Gasteiger partial charge in [0, 0.05) is 0 Å². The van der Waals surface area contributed by atoms with Crippen molar-refractivity contribution in [2.24, 2.45) is 5.92 Å². The molecule has 1 aliphatic carbocycles. The zero-order valence-corrected chi connectivity index (χ0v) is 11.8. The molecule has 2 unspecified atom stereocenters. The number of alkyl halides is 3. The highest BCUT2D eigenvalue weighted by molar-refractivity contribution is 5.67. The minimum Gasteiger partial charge on any atom is -0.446 e.